The molecule has 1 heterocycles. The molecule has 11 heavy (non-hydrogen) atoms. The first-order chi connectivity index (χ1) is 4.84. The number of amidine groups is 1. The van der Waals surface area contributed by atoms with Crippen molar-refractivity contribution in [3.63, 3.8) is 0 Å². The molecule has 0 aromatic heterocycles. The Morgan fingerprint density at radius 3 is 2.82 bits per heavy atom. The highest BCUT2D eigenvalue weighted by molar-refractivity contribution is 8.93. The van der Waals surface area contributed by atoms with Crippen molar-refractivity contribution < 1.29 is 4.39 Å². The van der Waals surface area contributed by atoms with Crippen LogP contribution in [-0.2, 0) is 0 Å². The van der Waals surface area contributed by atoms with Gasteiger partial charge in [-0.3, -0.25) is 9.80 Å². The number of alkyl halides is 1. The highest BCUT2D eigenvalue weighted by atomic mass is 79.9. The van der Waals surface area contributed by atoms with E-state index in [9.17, 15) is 4.39 Å². The lowest BCUT2D eigenvalue weighted by atomic mass is 10.4. The second-order valence-corrected chi connectivity index (χ2v) is 3.27. The molecule has 0 unspecified atom stereocenters. The van der Waals surface area contributed by atoms with Crippen LogP contribution in [-0.4, -0.2) is 35.6 Å². The molecule has 0 spiro atoms. The van der Waals surface area contributed by atoms with E-state index in [0.717, 1.165) is 12.3 Å². The van der Waals surface area contributed by atoms with Crippen LogP contribution in [0.15, 0.2) is 0 Å². The summed E-state index contributed by atoms with van der Waals surface area (Å²) in [5.41, 5.74) is 0. The van der Waals surface area contributed by atoms with Crippen molar-refractivity contribution in [2.45, 2.75) is 6.42 Å². The van der Waals surface area contributed by atoms with E-state index in [2.05, 4.69) is 0 Å². The Kier molecular flexibility index (Phi) is 5.95. The molecule has 0 aromatic rings. The molecule has 1 fully saturated rings. The molecular weight excluding hydrogens is 231 g/mol. The number of nitrogens with zero attached hydrogens (tertiary/aromatic N) is 1. The minimum absolute atomic E-state index is 0. The van der Waals surface area contributed by atoms with Gasteiger partial charge < -0.3 is 4.90 Å². The van der Waals surface area contributed by atoms with E-state index < -0.39 is 0 Å². The first-order valence-electron chi connectivity index (χ1n) is 3.37. The number of halogens is 2. The predicted octanol–water partition coefficient (Wildman–Crippen LogP) is 1.91. The Morgan fingerprint density at radius 1 is 1.64 bits per heavy atom. The molecular formula is C6H12BrFN2S. The van der Waals surface area contributed by atoms with Gasteiger partial charge in [0.05, 0.1) is 6.67 Å². The first kappa shape index (κ1) is 11.2. The van der Waals surface area contributed by atoms with E-state index in [4.69, 9.17) is 5.41 Å². The van der Waals surface area contributed by atoms with Crippen molar-refractivity contribution in [1.82, 2.24) is 4.90 Å². The quantitative estimate of drug-likeness (QED) is 0.819. The fourth-order valence-electron chi connectivity index (χ4n) is 0.909. The number of hydrogen-bond acceptors (Lipinski definition) is 2. The Balaban J connectivity index is 0.000001000. The van der Waals surface area contributed by atoms with Gasteiger partial charge in [-0.2, -0.15) is 0 Å². The van der Waals surface area contributed by atoms with Gasteiger partial charge in [-0.05, 0) is 6.42 Å². The van der Waals surface area contributed by atoms with E-state index >= 15 is 0 Å². The summed E-state index contributed by atoms with van der Waals surface area (Å²) in [6.07, 6.45) is 0.558. The SMILES string of the molecule is Br.N=C1SCCN1CCCF. The van der Waals surface area contributed by atoms with Crippen LogP contribution in [0.4, 0.5) is 4.39 Å². The van der Waals surface area contributed by atoms with Gasteiger partial charge >= 0.3 is 0 Å². The zero-order valence-corrected chi connectivity index (χ0v) is 8.71. The number of rotatable bonds is 3. The lowest BCUT2D eigenvalue weighted by Gasteiger charge is -2.14. The van der Waals surface area contributed by atoms with Gasteiger partial charge in [-0.15, -0.1) is 17.0 Å². The van der Waals surface area contributed by atoms with Crippen LogP contribution < -0.4 is 0 Å². The largest absolute Gasteiger partial charge is 0.351 e. The van der Waals surface area contributed by atoms with Crippen LogP contribution in [0, 0.1) is 5.41 Å². The summed E-state index contributed by atoms with van der Waals surface area (Å²) < 4.78 is 11.7. The van der Waals surface area contributed by atoms with Crippen molar-refractivity contribution in [2.24, 2.45) is 0 Å². The molecule has 1 rings (SSSR count). The first-order valence-corrected chi connectivity index (χ1v) is 4.35. The molecule has 0 bridgehead atoms. The second kappa shape index (κ2) is 5.83. The van der Waals surface area contributed by atoms with Crippen LogP contribution in [0.2, 0.25) is 0 Å². The summed E-state index contributed by atoms with van der Waals surface area (Å²) >= 11 is 1.54. The highest BCUT2D eigenvalue weighted by Crippen LogP contribution is 2.15. The molecule has 1 aliphatic rings. The van der Waals surface area contributed by atoms with Gasteiger partial charge in [0, 0.05) is 18.8 Å². The summed E-state index contributed by atoms with van der Waals surface area (Å²) in [5, 5.41) is 7.96. The van der Waals surface area contributed by atoms with Crippen LogP contribution in [0.3, 0.4) is 0 Å². The molecule has 0 saturated carbocycles. The summed E-state index contributed by atoms with van der Waals surface area (Å²) in [5.74, 6) is 0.991. The summed E-state index contributed by atoms with van der Waals surface area (Å²) in [4.78, 5) is 1.92. The van der Waals surface area contributed by atoms with Crippen molar-refractivity contribution in [3.8, 4) is 0 Å². The topological polar surface area (TPSA) is 27.1 Å². The average Bonchev–Trinajstić information content (AvgIpc) is 2.31. The maximum Gasteiger partial charge on any atom is 0.156 e. The molecule has 0 atom stereocenters. The van der Waals surface area contributed by atoms with Crippen molar-refractivity contribution >= 4 is 33.9 Å². The van der Waals surface area contributed by atoms with Crippen molar-refractivity contribution in [1.29, 1.82) is 5.41 Å². The highest BCUT2D eigenvalue weighted by Gasteiger charge is 2.15. The van der Waals surface area contributed by atoms with E-state index in [-0.39, 0.29) is 23.7 Å². The third kappa shape index (κ3) is 3.42. The predicted molar refractivity (Wildman–Crippen MR) is 52.7 cm³/mol. The van der Waals surface area contributed by atoms with E-state index in [0.29, 0.717) is 18.1 Å². The molecule has 1 N–H and O–H groups in total. The number of nitrogens with one attached hydrogen (secondary N) is 1. The second-order valence-electron chi connectivity index (χ2n) is 2.18. The van der Waals surface area contributed by atoms with Gasteiger partial charge in [0.25, 0.3) is 0 Å². The third-order valence-corrected chi connectivity index (χ3v) is 2.37. The minimum atomic E-state index is -0.269. The zero-order chi connectivity index (χ0) is 7.40. The van der Waals surface area contributed by atoms with E-state index in [1.165, 1.54) is 0 Å². The molecule has 0 radical (unpaired) electrons. The lowest BCUT2D eigenvalue weighted by molar-refractivity contribution is 0.392. The zero-order valence-electron chi connectivity index (χ0n) is 6.18. The van der Waals surface area contributed by atoms with Crippen LogP contribution >= 0.6 is 28.7 Å². The molecule has 0 aromatic carbocycles. The molecule has 1 aliphatic heterocycles. The van der Waals surface area contributed by atoms with Crippen molar-refractivity contribution in [3.05, 3.63) is 0 Å². The normalized spacial score (nSPS) is 16.8. The standard InChI is InChI=1S/C6H11FN2S.BrH/c7-2-1-3-9-4-5-10-6(9)8;/h8H,1-5H2;1H. The average molecular weight is 243 g/mol. The Morgan fingerprint density at radius 2 is 2.36 bits per heavy atom. The monoisotopic (exact) mass is 242 g/mol. The maximum atomic E-state index is 11.7. The summed E-state index contributed by atoms with van der Waals surface area (Å²) in [7, 11) is 0. The third-order valence-electron chi connectivity index (χ3n) is 1.45. The van der Waals surface area contributed by atoms with Gasteiger partial charge in [0.2, 0.25) is 0 Å². The summed E-state index contributed by atoms with van der Waals surface area (Å²) in [6.45, 7) is 1.36. The summed E-state index contributed by atoms with van der Waals surface area (Å²) in [6, 6.07) is 0. The van der Waals surface area contributed by atoms with Gasteiger partial charge in [-0.1, -0.05) is 11.8 Å². The molecule has 0 amide bonds. The Labute approximate surface area is 80.8 Å². The van der Waals surface area contributed by atoms with Crippen molar-refractivity contribution in [2.75, 3.05) is 25.5 Å². The van der Waals surface area contributed by atoms with Crippen LogP contribution in [0.1, 0.15) is 6.42 Å². The van der Waals surface area contributed by atoms with Crippen LogP contribution in [0.5, 0.6) is 0 Å². The molecule has 1 saturated heterocycles. The molecule has 2 nitrogen and oxygen atoms in total. The molecule has 0 aliphatic carbocycles. The molecule has 66 valence electrons. The number of thioether (sulfide) groups is 1. The Hall–Kier alpha value is 0.230. The van der Waals surface area contributed by atoms with Gasteiger partial charge in [0.1, 0.15) is 0 Å². The lowest BCUT2D eigenvalue weighted by Crippen LogP contribution is -2.24. The van der Waals surface area contributed by atoms with Gasteiger partial charge in [-0.25, -0.2) is 0 Å². The number of hydrogen-bond donors (Lipinski definition) is 1. The van der Waals surface area contributed by atoms with Crippen LogP contribution in [0.25, 0.3) is 0 Å². The Bertz CT molecular complexity index is 134. The maximum absolute atomic E-state index is 11.7. The van der Waals surface area contributed by atoms with E-state index in [1.807, 2.05) is 4.90 Å². The van der Waals surface area contributed by atoms with Gasteiger partial charge in [0.15, 0.2) is 5.17 Å². The fourth-order valence-corrected chi connectivity index (χ4v) is 1.78. The van der Waals surface area contributed by atoms with E-state index in [1.54, 1.807) is 11.8 Å². The minimum Gasteiger partial charge on any atom is -0.351 e. The molecule has 5 heteroatoms. The fraction of sp³-hybridized carbons (Fsp3) is 0.833. The smallest absolute Gasteiger partial charge is 0.156 e.